The number of carbonyl (C=O) groups is 1. The number of hydrogen-bond acceptors (Lipinski definition) is 6. The predicted octanol–water partition coefficient (Wildman–Crippen LogP) is 2.50. The normalized spacial score (nSPS) is 48.0. The van der Waals surface area contributed by atoms with Crippen LogP contribution in [0.4, 0.5) is 0 Å². The van der Waals surface area contributed by atoms with Crippen LogP contribution in [-0.4, -0.2) is 57.9 Å². The Morgan fingerprint density at radius 2 is 2.04 bits per heavy atom. The number of carbonyl (C=O) groups excluding carboxylic acids is 1. The molecular weight excluding hydrogens is 360 g/mol. The highest BCUT2D eigenvalue weighted by atomic mass is 16.6. The third kappa shape index (κ3) is 2.87. The molecule has 2 saturated carbocycles. The summed E-state index contributed by atoms with van der Waals surface area (Å²) >= 11 is 0. The lowest BCUT2D eigenvalue weighted by Crippen LogP contribution is -2.52. The number of fused-ring (bicyclic) bond motifs is 1. The van der Waals surface area contributed by atoms with E-state index in [2.05, 4.69) is 13.5 Å². The van der Waals surface area contributed by atoms with Crippen LogP contribution in [0.3, 0.4) is 0 Å². The summed E-state index contributed by atoms with van der Waals surface area (Å²) in [4.78, 5) is 11.9. The SMILES string of the molecule is C=C1CCC2OC2(CO)CC2OC23[C@H](C(C)(C)O)CCC3(C)C(OC(C)=O)C1. The summed E-state index contributed by atoms with van der Waals surface area (Å²) in [7, 11) is 0. The molecule has 2 aliphatic heterocycles. The zero-order chi connectivity index (χ0) is 20.5. The Labute approximate surface area is 167 Å². The van der Waals surface area contributed by atoms with Crippen LogP contribution in [0, 0.1) is 11.3 Å². The lowest BCUT2D eigenvalue weighted by atomic mass is 9.65. The van der Waals surface area contributed by atoms with E-state index in [1.165, 1.54) is 6.92 Å². The maximum Gasteiger partial charge on any atom is 0.302 e. The van der Waals surface area contributed by atoms with E-state index < -0.39 is 22.2 Å². The van der Waals surface area contributed by atoms with Gasteiger partial charge < -0.3 is 24.4 Å². The fourth-order valence-corrected chi connectivity index (χ4v) is 6.31. The smallest absolute Gasteiger partial charge is 0.302 e. The van der Waals surface area contributed by atoms with Crippen molar-refractivity contribution in [3.63, 3.8) is 0 Å². The Kier molecular flexibility index (Phi) is 4.55. The van der Waals surface area contributed by atoms with E-state index in [0.717, 1.165) is 31.3 Å². The van der Waals surface area contributed by atoms with Gasteiger partial charge in [-0.15, -0.1) is 0 Å². The molecule has 0 bridgehead atoms. The van der Waals surface area contributed by atoms with Gasteiger partial charge in [0, 0.05) is 31.1 Å². The lowest BCUT2D eigenvalue weighted by molar-refractivity contribution is -0.157. The summed E-state index contributed by atoms with van der Waals surface area (Å²) in [5.74, 6) is -0.374. The summed E-state index contributed by atoms with van der Waals surface area (Å²) in [5.41, 5.74) is -1.46. The van der Waals surface area contributed by atoms with Gasteiger partial charge in [0.1, 0.15) is 17.3 Å². The van der Waals surface area contributed by atoms with E-state index in [9.17, 15) is 15.0 Å². The molecule has 0 aromatic heterocycles. The van der Waals surface area contributed by atoms with E-state index in [1.54, 1.807) is 0 Å². The molecule has 158 valence electrons. The Morgan fingerprint density at radius 3 is 2.64 bits per heavy atom. The van der Waals surface area contributed by atoms with Crippen molar-refractivity contribution < 1.29 is 29.2 Å². The predicted molar refractivity (Wildman–Crippen MR) is 103 cm³/mol. The number of aliphatic hydroxyl groups excluding tert-OH is 1. The zero-order valence-corrected chi connectivity index (χ0v) is 17.5. The Balaban J connectivity index is 1.75. The van der Waals surface area contributed by atoms with E-state index in [1.807, 2.05) is 13.8 Å². The molecule has 2 saturated heterocycles. The van der Waals surface area contributed by atoms with E-state index >= 15 is 0 Å². The first-order valence-electron chi connectivity index (χ1n) is 10.5. The van der Waals surface area contributed by atoms with Gasteiger partial charge in [-0.3, -0.25) is 4.79 Å². The molecule has 28 heavy (non-hydrogen) atoms. The van der Waals surface area contributed by atoms with Gasteiger partial charge >= 0.3 is 5.97 Å². The Morgan fingerprint density at radius 1 is 1.32 bits per heavy atom. The van der Waals surface area contributed by atoms with Gasteiger partial charge in [-0.1, -0.05) is 19.1 Å². The molecule has 2 heterocycles. The fraction of sp³-hybridized carbons (Fsp3) is 0.864. The lowest BCUT2D eigenvalue weighted by Gasteiger charge is -2.41. The maximum atomic E-state index is 11.9. The summed E-state index contributed by atoms with van der Waals surface area (Å²) in [5, 5.41) is 21.0. The van der Waals surface area contributed by atoms with Gasteiger partial charge in [-0.05, 0) is 39.5 Å². The van der Waals surface area contributed by atoms with Gasteiger partial charge in [0.15, 0.2) is 0 Å². The average Bonchev–Trinajstić information content (AvgIpc) is 3.43. The maximum absolute atomic E-state index is 11.9. The summed E-state index contributed by atoms with van der Waals surface area (Å²) < 4.78 is 18.2. The monoisotopic (exact) mass is 394 g/mol. The number of ether oxygens (including phenoxy) is 3. The van der Waals surface area contributed by atoms with Gasteiger partial charge in [0.2, 0.25) is 0 Å². The molecule has 4 rings (SSSR count). The molecular formula is C22H34O6. The fourth-order valence-electron chi connectivity index (χ4n) is 6.31. The molecule has 0 amide bonds. The van der Waals surface area contributed by atoms with Gasteiger partial charge in [0.25, 0.3) is 0 Å². The van der Waals surface area contributed by atoms with Crippen molar-refractivity contribution in [3.05, 3.63) is 12.2 Å². The van der Waals surface area contributed by atoms with Crippen LogP contribution in [0.5, 0.6) is 0 Å². The van der Waals surface area contributed by atoms with Crippen LogP contribution in [0.15, 0.2) is 12.2 Å². The number of epoxide rings is 2. The van der Waals surface area contributed by atoms with Gasteiger partial charge in [0.05, 0.1) is 24.4 Å². The van der Waals surface area contributed by atoms with Crippen LogP contribution in [0.25, 0.3) is 0 Å². The number of rotatable bonds is 3. The first-order valence-corrected chi connectivity index (χ1v) is 10.5. The summed E-state index contributed by atoms with van der Waals surface area (Å²) in [6, 6.07) is 0. The zero-order valence-electron chi connectivity index (χ0n) is 17.5. The molecule has 7 atom stereocenters. The van der Waals surface area contributed by atoms with Crippen molar-refractivity contribution in [2.45, 2.75) is 101 Å². The van der Waals surface area contributed by atoms with Crippen molar-refractivity contribution in [1.29, 1.82) is 0 Å². The third-order valence-electron chi connectivity index (χ3n) is 7.93. The van der Waals surface area contributed by atoms with Crippen molar-refractivity contribution in [1.82, 2.24) is 0 Å². The van der Waals surface area contributed by atoms with E-state index in [-0.39, 0.29) is 36.8 Å². The minimum Gasteiger partial charge on any atom is -0.462 e. The second-order valence-corrected chi connectivity index (χ2v) is 10.2. The van der Waals surface area contributed by atoms with Crippen molar-refractivity contribution in [2.24, 2.45) is 11.3 Å². The molecule has 2 N–H and O–H groups in total. The van der Waals surface area contributed by atoms with Crippen LogP contribution >= 0.6 is 0 Å². The van der Waals surface area contributed by atoms with Crippen LogP contribution in [0.2, 0.25) is 0 Å². The molecule has 0 aromatic carbocycles. The molecule has 6 nitrogen and oxygen atoms in total. The molecule has 0 radical (unpaired) electrons. The molecule has 2 aliphatic carbocycles. The van der Waals surface area contributed by atoms with Crippen LogP contribution < -0.4 is 0 Å². The number of hydrogen-bond donors (Lipinski definition) is 2. The van der Waals surface area contributed by atoms with Gasteiger partial charge in [-0.25, -0.2) is 0 Å². The van der Waals surface area contributed by atoms with E-state index in [4.69, 9.17) is 14.2 Å². The number of esters is 1. The van der Waals surface area contributed by atoms with Crippen LogP contribution in [-0.2, 0) is 19.0 Å². The Bertz CT molecular complexity index is 683. The topological polar surface area (TPSA) is 91.8 Å². The first kappa shape index (κ1) is 20.3. The quantitative estimate of drug-likeness (QED) is 0.434. The standard InChI is InChI=1S/C22H34O6/c1-13-6-7-16-21(12-23,27-16)11-18-22(28-18)15(19(3,4)25)8-9-20(22,5)17(10-13)26-14(2)24/h15-18,23,25H,1,6-12H2,2-5H3/t15-,16?,17?,18?,20?,21?,22?/m0/s1. The highest BCUT2D eigenvalue weighted by Crippen LogP contribution is 2.70. The minimum atomic E-state index is -0.916. The average molecular weight is 395 g/mol. The summed E-state index contributed by atoms with van der Waals surface area (Å²) in [6.45, 7) is 11.4. The van der Waals surface area contributed by atoms with Crippen molar-refractivity contribution in [2.75, 3.05) is 6.61 Å². The second-order valence-electron chi connectivity index (χ2n) is 10.2. The molecule has 4 aliphatic rings. The molecule has 6 unspecified atom stereocenters. The molecule has 4 fully saturated rings. The Hall–Kier alpha value is -0.950. The highest BCUT2D eigenvalue weighted by Gasteiger charge is 2.79. The third-order valence-corrected chi connectivity index (χ3v) is 7.93. The highest BCUT2D eigenvalue weighted by molar-refractivity contribution is 5.66. The van der Waals surface area contributed by atoms with Crippen molar-refractivity contribution in [3.8, 4) is 0 Å². The molecule has 6 heteroatoms. The minimum absolute atomic E-state index is 0.00835. The summed E-state index contributed by atoms with van der Waals surface area (Å²) in [6.07, 6.45) is 3.94. The second kappa shape index (κ2) is 6.27. The van der Waals surface area contributed by atoms with Crippen LogP contribution in [0.1, 0.15) is 66.2 Å². The van der Waals surface area contributed by atoms with Crippen molar-refractivity contribution >= 4 is 5.97 Å². The van der Waals surface area contributed by atoms with E-state index in [0.29, 0.717) is 12.8 Å². The largest absolute Gasteiger partial charge is 0.462 e. The van der Waals surface area contributed by atoms with Gasteiger partial charge in [-0.2, -0.15) is 0 Å². The molecule has 0 aromatic rings. The number of aliphatic hydroxyl groups is 2. The first-order chi connectivity index (χ1) is 13.0. The molecule has 1 spiro atoms.